The van der Waals surface area contributed by atoms with Gasteiger partial charge in [-0.15, -0.1) is 35.3 Å². The first-order valence-electron chi connectivity index (χ1n) is 9.43. The van der Waals surface area contributed by atoms with Crippen LogP contribution in [0.25, 0.3) is 0 Å². The molecule has 3 N–H and O–H groups in total. The average molecular weight is 515 g/mol. The van der Waals surface area contributed by atoms with Gasteiger partial charge >= 0.3 is 0 Å². The number of hydrogen-bond acceptors (Lipinski definition) is 4. The van der Waals surface area contributed by atoms with E-state index < -0.39 is 0 Å². The quantitative estimate of drug-likeness (QED) is 0.208. The molecule has 154 valence electrons. The van der Waals surface area contributed by atoms with Gasteiger partial charge in [-0.2, -0.15) is 0 Å². The minimum Gasteiger partial charge on any atom is -0.357 e. The summed E-state index contributed by atoms with van der Waals surface area (Å²) in [6, 6.07) is 7.58. The van der Waals surface area contributed by atoms with Gasteiger partial charge in [0.25, 0.3) is 5.91 Å². The highest BCUT2D eigenvalue weighted by atomic mass is 127. The summed E-state index contributed by atoms with van der Waals surface area (Å²) in [5.74, 6) is 0.701. The molecule has 0 spiro atoms. The lowest BCUT2D eigenvalue weighted by Gasteiger charge is -2.12. The van der Waals surface area contributed by atoms with Gasteiger partial charge in [-0.05, 0) is 32.4 Å². The maximum atomic E-state index is 12.1. The van der Waals surface area contributed by atoms with E-state index in [1.54, 1.807) is 11.3 Å². The van der Waals surface area contributed by atoms with E-state index in [2.05, 4.69) is 32.9 Å². The van der Waals surface area contributed by atoms with Gasteiger partial charge in [0, 0.05) is 49.2 Å². The van der Waals surface area contributed by atoms with Crippen LogP contribution in [0.4, 0.5) is 0 Å². The lowest BCUT2D eigenvalue weighted by molar-refractivity contribution is 0.0954. The molecule has 0 atom stereocenters. The van der Waals surface area contributed by atoms with Crippen LogP contribution in [0.1, 0.15) is 39.7 Å². The molecule has 0 unspecified atom stereocenters. The molecular formula is C20H30IN5OS. The Balaban J connectivity index is 0.00000392. The lowest BCUT2D eigenvalue weighted by Crippen LogP contribution is -2.41. The summed E-state index contributed by atoms with van der Waals surface area (Å²) in [6.07, 6.45) is 3.81. The summed E-state index contributed by atoms with van der Waals surface area (Å²) in [4.78, 5) is 22.4. The molecule has 0 saturated carbocycles. The summed E-state index contributed by atoms with van der Waals surface area (Å²) in [7, 11) is 0. The standard InChI is InChI=1S/C20H29N5OS.HI/c1-4-17-14-25-18(27-17)9-10-23-20(21-5-2)24-12-11-22-19(26)16-8-6-7-15(3)13-16;/h6-8,13-14H,4-5,9-12H2,1-3H3,(H,22,26)(H2,21,23,24);1H. The molecule has 0 aliphatic heterocycles. The Morgan fingerprint density at radius 1 is 1.18 bits per heavy atom. The Hall–Kier alpha value is -1.68. The number of aryl methyl sites for hydroxylation is 2. The molecule has 0 radical (unpaired) electrons. The summed E-state index contributed by atoms with van der Waals surface area (Å²) < 4.78 is 0. The monoisotopic (exact) mass is 515 g/mol. The number of nitrogens with zero attached hydrogens (tertiary/aromatic N) is 2. The number of benzene rings is 1. The maximum Gasteiger partial charge on any atom is 0.251 e. The van der Waals surface area contributed by atoms with Crippen molar-refractivity contribution in [3.63, 3.8) is 0 Å². The van der Waals surface area contributed by atoms with E-state index >= 15 is 0 Å². The van der Waals surface area contributed by atoms with Crippen LogP contribution in [0.2, 0.25) is 0 Å². The Bertz CT molecular complexity index is 763. The molecule has 1 aromatic carbocycles. The van der Waals surface area contributed by atoms with Crippen molar-refractivity contribution in [2.75, 3.05) is 26.2 Å². The highest BCUT2D eigenvalue weighted by Gasteiger charge is 2.05. The van der Waals surface area contributed by atoms with E-state index in [0.29, 0.717) is 25.2 Å². The predicted octanol–water partition coefficient (Wildman–Crippen LogP) is 3.16. The predicted molar refractivity (Wildman–Crippen MR) is 128 cm³/mol. The van der Waals surface area contributed by atoms with Crippen molar-refractivity contribution in [1.82, 2.24) is 20.9 Å². The number of aromatic nitrogens is 1. The zero-order chi connectivity index (χ0) is 19.5. The first kappa shape index (κ1) is 24.4. The van der Waals surface area contributed by atoms with Gasteiger partial charge in [-0.3, -0.25) is 9.79 Å². The van der Waals surface area contributed by atoms with Crippen LogP contribution in [0.3, 0.4) is 0 Å². The highest BCUT2D eigenvalue weighted by Crippen LogP contribution is 2.13. The SMILES string of the molecule is CCNC(=NCCc1ncc(CC)s1)NCCNC(=O)c1cccc(C)c1.I. The Kier molecular flexibility index (Phi) is 11.7. The Morgan fingerprint density at radius 2 is 1.96 bits per heavy atom. The number of thiazole rings is 1. The van der Waals surface area contributed by atoms with Crippen LogP contribution in [-0.4, -0.2) is 43.0 Å². The van der Waals surface area contributed by atoms with Crippen molar-refractivity contribution in [2.45, 2.75) is 33.6 Å². The van der Waals surface area contributed by atoms with E-state index in [-0.39, 0.29) is 29.9 Å². The molecule has 0 aliphatic rings. The van der Waals surface area contributed by atoms with E-state index in [0.717, 1.165) is 35.9 Å². The average Bonchev–Trinajstić information content (AvgIpc) is 3.13. The van der Waals surface area contributed by atoms with Gasteiger partial charge in [-0.1, -0.05) is 24.6 Å². The zero-order valence-corrected chi connectivity index (χ0v) is 19.9. The number of guanidine groups is 1. The number of aliphatic imine (C=N–C) groups is 1. The fourth-order valence-corrected chi connectivity index (χ4v) is 3.33. The molecule has 0 bridgehead atoms. The maximum absolute atomic E-state index is 12.1. The number of carbonyl (C=O) groups excluding carboxylic acids is 1. The molecule has 8 heteroatoms. The van der Waals surface area contributed by atoms with Crippen LogP contribution in [0, 0.1) is 6.92 Å². The van der Waals surface area contributed by atoms with Crippen molar-refractivity contribution in [3.05, 3.63) is 51.5 Å². The number of carbonyl (C=O) groups is 1. The Morgan fingerprint density at radius 3 is 2.64 bits per heavy atom. The van der Waals surface area contributed by atoms with Crippen molar-refractivity contribution in [2.24, 2.45) is 4.99 Å². The molecule has 2 aromatic rings. The normalized spacial score (nSPS) is 10.9. The highest BCUT2D eigenvalue weighted by molar-refractivity contribution is 14.0. The third-order valence-electron chi connectivity index (χ3n) is 3.87. The van der Waals surface area contributed by atoms with Gasteiger partial charge < -0.3 is 16.0 Å². The number of rotatable bonds is 9. The van der Waals surface area contributed by atoms with Gasteiger partial charge in [0.05, 0.1) is 5.01 Å². The second-order valence-electron chi connectivity index (χ2n) is 6.14. The molecule has 0 saturated heterocycles. The van der Waals surface area contributed by atoms with E-state index in [9.17, 15) is 4.79 Å². The van der Waals surface area contributed by atoms with Gasteiger partial charge in [0.1, 0.15) is 0 Å². The summed E-state index contributed by atoms with van der Waals surface area (Å²) in [6.45, 7) is 8.77. The van der Waals surface area contributed by atoms with Crippen LogP contribution in [0.15, 0.2) is 35.5 Å². The topological polar surface area (TPSA) is 78.4 Å². The largest absolute Gasteiger partial charge is 0.357 e. The first-order chi connectivity index (χ1) is 13.1. The van der Waals surface area contributed by atoms with E-state index in [1.807, 2.05) is 44.3 Å². The second kappa shape index (κ2) is 13.5. The lowest BCUT2D eigenvalue weighted by atomic mass is 10.1. The van der Waals surface area contributed by atoms with Crippen molar-refractivity contribution < 1.29 is 4.79 Å². The third kappa shape index (κ3) is 8.55. The second-order valence-corrected chi connectivity index (χ2v) is 7.34. The summed E-state index contributed by atoms with van der Waals surface area (Å²) in [5.41, 5.74) is 1.76. The number of nitrogens with one attached hydrogen (secondary N) is 3. The van der Waals surface area contributed by atoms with Crippen molar-refractivity contribution in [3.8, 4) is 0 Å². The smallest absolute Gasteiger partial charge is 0.251 e. The molecule has 2 rings (SSSR count). The number of hydrogen-bond donors (Lipinski definition) is 3. The molecular weight excluding hydrogens is 485 g/mol. The minimum absolute atomic E-state index is 0. The number of amides is 1. The minimum atomic E-state index is -0.0575. The third-order valence-corrected chi connectivity index (χ3v) is 5.07. The van der Waals surface area contributed by atoms with Crippen LogP contribution >= 0.6 is 35.3 Å². The molecule has 0 fully saturated rings. The summed E-state index contributed by atoms with van der Waals surface area (Å²) >= 11 is 1.75. The van der Waals surface area contributed by atoms with Gasteiger partial charge in [0.2, 0.25) is 0 Å². The fourth-order valence-electron chi connectivity index (χ4n) is 2.48. The van der Waals surface area contributed by atoms with Crippen LogP contribution in [0.5, 0.6) is 0 Å². The molecule has 0 aliphatic carbocycles. The van der Waals surface area contributed by atoms with Crippen molar-refractivity contribution in [1.29, 1.82) is 0 Å². The van der Waals surface area contributed by atoms with Crippen LogP contribution in [-0.2, 0) is 12.8 Å². The Labute approximate surface area is 188 Å². The van der Waals surface area contributed by atoms with E-state index in [1.165, 1.54) is 4.88 Å². The fraction of sp³-hybridized carbons (Fsp3) is 0.450. The van der Waals surface area contributed by atoms with Crippen molar-refractivity contribution >= 4 is 47.2 Å². The van der Waals surface area contributed by atoms with E-state index in [4.69, 9.17) is 0 Å². The summed E-state index contributed by atoms with van der Waals surface area (Å²) in [5, 5.41) is 10.5. The van der Waals surface area contributed by atoms with Gasteiger partial charge in [0.15, 0.2) is 5.96 Å². The molecule has 6 nitrogen and oxygen atoms in total. The molecule has 28 heavy (non-hydrogen) atoms. The number of halogens is 1. The molecule has 1 amide bonds. The molecule has 1 aromatic heterocycles. The van der Waals surface area contributed by atoms with Crippen LogP contribution < -0.4 is 16.0 Å². The first-order valence-corrected chi connectivity index (χ1v) is 10.2. The molecule has 1 heterocycles. The van der Waals surface area contributed by atoms with Gasteiger partial charge in [-0.25, -0.2) is 4.98 Å². The zero-order valence-electron chi connectivity index (χ0n) is 16.7.